The molecule has 0 aliphatic carbocycles. The monoisotopic (exact) mass is 286 g/mol. The van der Waals surface area contributed by atoms with Crippen molar-refractivity contribution in [3.05, 3.63) is 65.7 Å². The Balaban J connectivity index is 0.000000921. The average molecular weight is 286 g/mol. The summed E-state index contributed by atoms with van der Waals surface area (Å²) in [5, 5.41) is 0. The molecule has 0 aromatic heterocycles. The lowest BCUT2D eigenvalue weighted by atomic mass is 10.2. The predicted molar refractivity (Wildman–Crippen MR) is 89.7 cm³/mol. The molecule has 2 nitrogen and oxygen atoms in total. The van der Waals surface area contributed by atoms with Crippen molar-refractivity contribution in [1.29, 1.82) is 0 Å². The molecule has 0 heterocycles. The maximum absolute atomic E-state index is 10.3. The van der Waals surface area contributed by atoms with Gasteiger partial charge in [-0.05, 0) is 23.3 Å². The molecule has 2 aromatic carbocycles. The Morgan fingerprint density at radius 1 is 0.810 bits per heavy atom. The molecule has 21 heavy (non-hydrogen) atoms. The van der Waals surface area contributed by atoms with Crippen molar-refractivity contribution in [3.63, 3.8) is 0 Å². The highest BCUT2D eigenvalue weighted by molar-refractivity contribution is 5.55. The van der Waals surface area contributed by atoms with Crippen LogP contribution < -0.4 is 4.74 Å². The van der Waals surface area contributed by atoms with E-state index in [2.05, 4.69) is 0 Å². The van der Waals surface area contributed by atoms with Crippen molar-refractivity contribution in [1.82, 2.24) is 0 Å². The predicted octanol–water partition coefficient (Wildman–Crippen LogP) is 5.06. The van der Waals surface area contributed by atoms with Crippen molar-refractivity contribution in [3.8, 4) is 5.75 Å². The topological polar surface area (TPSA) is 26.3 Å². The third kappa shape index (κ3) is 7.93. The van der Waals surface area contributed by atoms with E-state index in [0.717, 1.165) is 23.2 Å². The summed E-state index contributed by atoms with van der Waals surface area (Å²) < 4.78 is 5.64. The van der Waals surface area contributed by atoms with Gasteiger partial charge in [0.05, 0.1) is 0 Å². The van der Waals surface area contributed by atoms with Crippen LogP contribution in [0.4, 0.5) is 0 Å². The van der Waals surface area contributed by atoms with Crippen LogP contribution in [-0.2, 0) is 17.8 Å². The molecule has 2 rings (SSSR count). The number of hydrogen-bond donors (Lipinski definition) is 0. The Hall–Kier alpha value is -2.09. The largest absolute Gasteiger partial charge is 0.489 e. The van der Waals surface area contributed by atoms with Gasteiger partial charge in [-0.3, -0.25) is 0 Å². The minimum absolute atomic E-state index is 0.457. The Bertz CT molecular complexity index is 461. The molecule has 2 aromatic rings. The molecular formula is C19H26O2. The smallest absolute Gasteiger partial charge is 0.124 e. The fourth-order valence-electron chi connectivity index (χ4n) is 1.56. The van der Waals surface area contributed by atoms with Crippen molar-refractivity contribution >= 4 is 6.29 Å². The van der Waals surface area contributed by atoms with Gasteiger partial charge in [-0.2, -0.15) is 0 Å². The van der Waals surface area contributed by atoms with Crippen molar-refractivity contribution < 1.29 is 9.53 Å². The number of benzene rings is 2. The first-order valence-corrected chi connectivity index (χ1v) is 7.58. The van der Waals surface area contributed by atoms with Crippen LogP contribution in [0.25, 0.3) is 0 Å². The maximum atomic E-state index is 10.3. The summed E-state index contributed by atoms with van der Waals surface area (Å²) in [6.07, 6.45) is 1.36. The molecule has 0 saturated carbocycles. The first kappa shape index (κ1) is 18.9. The molecule has 0 bridgehead atoms. The van der Waals surface area contributed by atoms with Gasteiger partial charge >= 0.3 is 0 Å². The van der Waals surface area contributed by atoms with E-state index >= 15 is 0 Å². The number of rotatable bonds is 5. The van der Waals surface area contributed by atoms with Crippen LogP contribution in [0.3, 0.4) is 0 Å². The lowest BCUT2D eigenvalue weighted by Crippen LogP contribution is -1.95. The minimum atomic E-state index is 0.457. The number of hydrogen-bond acceptors (Lipinski definition) is 2. The van der Waals surface area contributed by atoms with Crippen LogP contribution in [0.2, 0.25) is 0 Å². The Morgan fingerprint density at radius 2 is 1.38 bits per heavy atom. The van der Waals surface area contributed by atoms with Gasteiger partial charge in [0.2, 0.25) is 0 Å². The molecule has 0 amide bonds. The maximum Gasteiger partial charge on any atom is 0.124 e. The molecule has 0 aliphatic heterocycles. The van der Waals surface area contributed by atoms with E-state index in [0.29, 0.717) is 13.0 Å². The number of aldehydes is 1. The molecule has 0 N–H and O–H groups in total. The van der Waals surface area contributed by atoms with Gasteiger partial charge in [0, 0.05) is 6.42 Å². The van der Waals surface area contributed by atoms with Crippen LogP contribution >= 0.6 is 0 Å². The quantitative estimate of drug-likeness (QED) is 0.718. The minimum Gasteiger partial charge on any atom is -0.489 e. The van der Waals surface area contributed by atoms with Crippen molar-refractivity contribution in [2.75, 3.05) is 0 Å². The second kappa shape index (κ2) is 12.9. The van der Waals surface area contributed by atoms with Gasteiger partial charge in [0.1, 0.15) is 18.6 Å². The zero-order chi connectivity index (χ0) is 15.9. The van der Waals surface area contributed by atoms with E-state index in [1.54, 1.807) is 0 Å². The van der Waals surface area contributed by atoms with E-state index < -0.39 is 0 Å². The summed E-state index contributed by atoms with van der Waals surface area (Å²) in [5.74, 6) is 0.823. The summed E-state index contributed by atoms with van der Waals surface area (Å²) in [6.45, 7) is 8.56. The molecule has 0 saturated heterocycles. The summed E-state index contributed by atoms with van der Waals surface area (Å²) in [4.78, 5) is 10.3. The van der Waals surface area contributed by atoms with Gasteiger partial charge < -0.3 is 9.53 Å². The number of ether oxygens (including phenoxy) is 1. The summed E-state index contributed by atoms with van der Waals surface area (Å²) in [5.41, 5.74) is 2.15. The summed E-state index contributed by atoms with van der Waals surface area (Å²) >= 11 is 0. The van der Waals surface area contributed by atoms with E-state index in [9.17, 15) is 4.79 Å². The molecular weight excluding hydrogens is 260 g/mol. The highest BCUT2D eigenvalue weighted by atomic mass is 16.5. The van der Waals surface area contributed by atoms with E-state index in [-0.39, 0.29) is 0 Å². The van der Waals surface area contributed by atoms with E-state index in [4.69, 9.17) is 4.74 Å². The Labute approximate surface area is 128 Å². The average Bonchev–Trinajstić information content (AvgIpc) is 2.59. The first-order valence-electron chi connectivity index (χ1n) is 7.58. The lowest BCUT2D eigenvalue weighted by Gasteiger charge is -2.06. The van der Waals surface area contributed by atoms with Crippen molar-refractivity contribution in [2.45, 2.75) is 40.7 Å². The van der Waals surface area contributed by atoms with Crippen LogP contribution in [0.5, 0.6) is 5.75 Å². The van der Waals surface area contributed by atoms with Gasteiger partial charge in [-0.1, -0.05) is 70.2 Å². The third-order valence-electron chi connectivity index (χ3n) is 2.49. The van der Waals surface area contributed by atoms with Crippen LogP contribution in [-0.4, -0.2) is 6.29 Å². The SMILES string of the molecule is CC.CC.O=CCc1ccc(OCc2ccccc2)cc1. The second-order valence-corrected chi connectivity index (χ2v) is 3.79. The van der Waals surface area contributed by atoms with E-state index in [1.807, 2.05) is 82.3 Å². The standard InChI is InChI=1S/C15H14O2.2C2H6/c16-11-10-13-6-8-15(9-7-13)17-12-14-4-2-1-3-5-14;2*1-2/h1-9,11H,10,12H2;2*1-2H3. The van der Waals surface area contributed by atoms with Crippen LogP contribution in [0.15, 0.2) is 54.6 Å². The molecule has 0 unspecified atom stereocenters. The fraction of sp³-hybridized carbons (Fsp3) is 0.316. The zero-order valence-electron chi connectivity index (χ0n) is 13.5. The van der Waals surface area contributed by atoms with Crippen LogP contribution in [0, 0.1) is 0 Å². The number of carbonyl (C=O) groups excluding carboxylic acids is 1. The van der Waals surface area contributed by atoms with E-state index in [1.165, 1.54) is 0 Å². The molecule has 0 fully saturated rings. The molecule has 0 spiro atoms. The first-order chi connectivity index (χ1) is 10.4. The molecule has 0 aliphatic rings. The zero-order valence-corrected chi connectivity index (χ0v) is 13.5. The normalized spacial score (nSPS) is 8.57. The molecule has 2 heteroatoms. The van der Waals surface area contributed by atoms with Gasteiger partial charge in [-0.15, -0.1) is 0 Å². The Kier molecular flexibility index (Phi) is 11.6. The molecule has 0 atom stereocenters. The summed E-state index contributed by atoms with van der Waals surface area (Å²) in [6, 6.07) is 17.6. The third-order valence-corrected chi connectivity index (χ3v) is 2.49. The van der Waals surface area contributed by atoms with Gasteiger partial charge in [0.25, 0.3) is 0 Å². The van der Waals surface area contributed by atoms with Crippen LogP contribution in [0.1, 0.15) is 38.8 Å². The van der Waals surface area contributed by atoms with Gasteiger partial charge in [0.15, 0.2) is 0 Å². The molecule has 0 radical (unpaired) electrons. The lowest BCUT2D eigenvalue weighted by molar-refractivity contribution is -0.107. The highest BCUT2D eigenvalue weighted by Gasteiger charge is 1.96. The summed E-state index contributed by atoms with van der Waals surface area (Å²) in [7, 11) is 0. The second-order valence-electron chi connectivity index (χ2n) is 3.79. The highest BCUT2D eigenvalue weighted by Crippen LogP contribution is 2.14. The van der Waals surface area contributed by atoms with Crippen molar-refractivity contribution in [2.24, 2.45) is 0 Å². The number of carbonyl (C=O) groups is 1. The van der Waals surface area contributed by atoms with Gasteiger partial charge in [-0.25, -0.2) is 0 Å². The Morgan fingerprint density at radius 3 is 1.90 bits per heavy atom. The molecule has 114 valence electrons. The fourth-order valence-corrected chi connectivity index (χ4v) is 1.56.